The molecule has 9 heteroatoms. The van der Waals surface area contributed by atoms with Gasteiger partial charge in [-0.1, -0.05) is 12.1 Å². The van der Waals surface area contributed by atoms with Gasteiger partial charge in [-0.15, -0.1) is 0 Å². The monoisotopic (exact) mass is 420 g/mol. The van der Waals surface area contributed by atoms with Gasteiger partial charge in [0.25, 0.3) is 5.91 Å². The fraction of sp³-hybridized carbons (Fsp3) is 0.350. The topological polar surface area (TPSA) is 85.4 Å². The van der Waals surface area contributed by atoms with Gasteiger partial charge < -0.3 is 19.1 Å². The van der Waals surface area contributed by atoms with Crippen LogP contribution >= 0.6 is 0 Å². The third-order valence-corrected chi connectivity index (χ3v) is 5.92. The molecule has 8 nitrogen and oxygen atoms in total. The van der Waals surface area contributed by atoms with Crippen molar-refractivity contribution < 1.29 is 27.4 Å². The lowest BCUT2D eigenvalue weighted by Crippen LogP contribution is -2.31. The second-order valence-electron chi connectivity index (χ2n) is 6.55. The number of carbonyl (C=O) groups excluding carboxylic acids is 1. The maximum absolute atomic E-state index is 13.4. The van der Waals surface area contributed by atoms with E-state index in [2.05, 4.69) is 0 Å². The number of para-hydroxylation sites is 2. The molecule has 1 aliphatic heterocycles. The van der Waals surface area contributed by atoms with Crippen LogP contribution in [0.25, 0.3) is 0 Å². The summed E-state index contributed by atoms with van der Waals surface area (Å²) in [4.78, 5) is 15.0. The van der Waals surface area contributed by atoms with E-state index in [-0.39, 0.29) is 5.91 Å². The van der Waals surface area contributed by atoms with E-state index in [1.807, 2.05) is 0 Å². The van der Waals surface area contributed by atoms with Gasteiger partial charge in [-0.2, -0.15) is 0 Å². The largest absolute Gasteiger partial charge is 0.493 e. The second-order valence-corrected chi connectivity index (χ2v) is 8.46. The van der Waals surface area contributed by atoms with Gasteiger partial charge in [0.15, 0.2) is 11.5 Å². The SMILES string of the molecule is COc1cc(C(=O)N2CCCN(S(C)(=O)=O)c3ccccc32)cc(OC)c1OC. The molecule has 2 aromatic rings. The minimum absolute atomic E-state index is 0.285. The Morgan fingerprint density at radius 2 is 1.52 bits per heavy atom. The first kappa shape index (κ1) is 20.8. The van der Waals surface area contributed by atoms with Crippen LogP contribution in [0.5, 0.6) is 17.2 Å². The number of ether oxygens (including phenoxy) is 3. The van der Waals surface area contributed by atoms with Crippen LogP contribution in [0.4, 0.5) is 11.4 Å². The van der Waals surface area contributed by atoms with E-state index in [0.29, 0.717) is 53.7 Å². The molecule has 156 valence electrons. The standard InChI is InChI=1S/C20H24N2O6S/c1-26-17-12-14(13-18(27-2)19(17)28-3)20(23)21-10-7-11-22(29(4,24)25)16-9-6-5-8-15(16)21/h5-6,8-9,12-13H,7,10-11H2,1-4H3. The molecule has 0 spiro atoms. The van der Waals surface area contributed by atoms with Crippen molar-refractivity contribution in [1.29, 1.82) is 0 Å². The van der Waals surface area contributed by atoms with Gasteiger partial charge in [-0.05, 0) is 30.7 Å². The van der Waals surface area contributed by atoms with Crippen LogP contribution in [-0.4, -0.2) is 55.0 Å². The predicted molar refractivity (Wildman–Crippen MR) is 111 cm³/mol. The van der Waals surface area contributed by atoms with Crippen molar-refractivity contribution in [2.75, 3.05) is 49.9 Å². The zero-order chi connectivity index (χ0) is 21.2. The van der Waals surface area contributed by atoms with Crippen molar-refractivity contribution in [3.63, 3.8) is 0 Å². The number of methoxy groups -OCH3 is 3. The first-order valence-corrected chi connectivity index (χ1v) is 10.8. The molecular weight excluding hydrogens is 396 g/mol. The zero-order valence-electron chi connectivity index (χ0n) is 16.8. The molecule has 0 saturated carbocycles. The summed E-state index contributed by atoms with van der Waals surface area (Å²) in [5.74, 6) is 0.852. The summed E-state index contributed by atoms with van der Waals surface area (Å²) in [7, 11) is 0.991. The molecule has 0 unspecified atom stereocenters. The van der Waals surface area contributed by atoms with E-state index in [1.54, 1.807) is 41.3 Å². The molecular formula is C20H24N2O6S. The Labute approximate surface area is 170 Å². The van der Waals surface area contributed by atoms with E-state index in [4.69, 9.17) is 14.2 Å². The highest BCUT2D eigenvalue weighted by molar-refractivity contribution is 7.92. The number of hydrogen-bond donors (Lipinski definition) is 0. The van der Waals surface area contributed by atoms with Gasteiger partial charge >= 0.3 is 0 Å². The highest BCUT2D eigenvalue weighted by atomic mass is 32.2. The van der Waals surface area contributed by atoms with Crippen LogP contribution < -0.4 is 23.4 Å². The van der Waals surface area contributed by atoms with Crippen molar-refractivity contribution >= 4 is 27.3 Å². The Kier molecular flexibility index (Phi) is 5.88. The van der Waals surface area contributed by atoms with Crippen LogP contribution in [0.1, 0.15) is 16.8 Å². The third-order valence-electron chi connectivity index (χ3n) is 4.74. The van der Waals surface area contributed by atoms with Crippen LogP contribution in [0.3, 0.4) is 0 Å². The molecule has 0 saturated heterocycles. The van der Waals surface area contributed by atoms with Gasteiger partial charge in [-0.3, -0.25) is 9.10 Å². The minimum Gasteiger partial charge on any atom is -0.493 e. The lowest BCUT2D eigenvalue weighted by molar-refractivity contribution is 0.0986. The molecule has 0 bridgehead atoms. The van der Waals surface area contributed by atoms with Gasteiger partial charge in [0.2, 0.25) is 15.8 Å². The average Bonchev–Trinajstić information content (AvgIpc) is 2.91. The first-order valence-electron chi connectivity index (χ1n) is 9.00. The smallest absolute Gasteiger partial charge is 0.258 e. The Morgan fingerprint density at radius 1 is 0.931 bits per heavy atom. The number of hydrogen-bond acceptors (Lipinski definition) is 6. The van der Waals surface area contributed by atoms with Crippen LogP contribution in [0, 0.1) is 0 Å². The molecule has 0 aromatic heterocycles. The highest BCUT2D eigenvalue weighted by Crippen LogP contribution is 2.40. The maximum Gasteiger partial charge on any atom is 0.258 e. The number of carbonyl (C=O) groups is 1. The predicted octanol–water partition coefficient (Wildman–Crippen LogP) is 2.53. The highest BCUT2D eigenvalue weighted by Gasteiger charge is 2.30. The van der Waals surface area contributed by atoms with Gasteiger partial charge in [0.05, 0.1) is 39.0 Å². The van der Waals surface area contributed by atoms with E-state index in [0.717, 1.165) is 0 Å². The van der Waals surface area contributed by atoms with E-state index >= 15 is 0 Å². The van der Waals surface area contributed by atoms with Crippen LogP contribution in [0.2, 0.25) is 0 Å². The molecule has 0 N–H and O–H groups in total. The number of sulfonamides is 1. The van der Waals surface area contributed by atoms with Gasteiger partial charge in [0, 0.05) is 18.7 Å². The summed E-state index contributed by atoms with van der Waals surface area (Å²) in [6.45, 7) is 0.674. The molecule has 3 rings (SSSR count). The summed E-state index contributed by atoms with van der Waals surface area (Å²) >= 11 is 0. The number of fused-ring (bicyclic) bond motifs is 1. The summed E-state index contributed by atoms with van der Waals surface area (Å²) in [5, 5.41) is 0. The van der Waals surface area contributed by atoms with E-state index < -0.39 is 10.0 Å². The van der Waals surface area contributed by atoms with Gasteiger partial charge in [-0.25, -0.2) is 8.42 Å². The number of anilines is 2. The maximum atomic E-state index is 13.4. The number of amides is 1. The summed E-state index contributed by atoms with van der Waals surface area (Å²) in [5.41, 5.74) is 1.37. The summed E-state index contributed by atoms with van der Waals surface area (Å²) in [6.07, 6.45) is 1.67. The molecule has 1 heterocycles. The molecule has 0 fully saturated rings. The lowest BCUT2D eigenvalue weighted by Gasteiger charge is -2.25. The van der Waals surface area contributed by atoms with Crippen LogP contribution in [0.15, 0.2) is 36.4 Å². The Bertz CT molecular complexity index is 996. The van der Waals surface area contributed by atoms with Crippen LogP contribution in [-0.2, 0) is 10.0 Å². The second kappa shape index (κ2) is 8.20. The van der Waals surface area contributed by atoms with E-state index in [9.17, 15) is 13.2 Å². The number of benzene rings is 2. The quantitative estimate of drug-likeness (QED) is 0.739. The fourth-order valence-electron chi connectivity index (χ4n) is 3.43. The van der Waals surface area contributed by atoms with Crippen molar-refractivity contribution in [3.05, 3.63) is 42.0 Å². The summed E-state index contributed by atoms with van der Waals surface area (Å²) in [6, 6.07) is 10.2. The molecule has 2 aromatic carbocycles. The Balaban J connectivity index is 2.09. The van der Waals surface area contributed by atoms with Crippen molar-refractivity contribution in [2.24, 2.45) is 0 Å². The zero-order valence-corrected chi connectivity index (χ0v) is 17.7. The first-order chi connectivity index (χ1) is 13.8. The molecule has 1 amide bonds. The normalized spacial score (nSPS) is 14.1. The average molecular weight is 420 g/mol. The molecule has 0 atom stereocenters. The Morgan fingerprint density at radius 3 is 2.03 bits per heavy atom. The summed E-state index contributed by atoms with van der Waals surface area (Å²) < 4.78 is 41.9. The van der Waals surface area contributed by atoms with E-state index in [1.165, 1.54) is 31.9 Å². The van der Waals surface area contributed by atoms with Crippen molar-refractivity contribution in [3.8, 4) is 17.2 Å². The molecule has 29 heavy (non-hydrogen) atoms. The third kappa shape index (κ3) is 3.95. The Hall–Kier alpha value is -2.94. The lowest BCUT2D eigenvalue weighted by atomic mass is 10.1. The number of rotatable bonds is 5. The van der Waals surface area contributed by atoms with Crippen molar-refractivity contribution in [1.82, 2.24) is 0 Å². The molecule has 0 aliphatic carbocycles. The molecule has 1 aliphatic rings. The van der Waals surface area contributed by atoms with Crippen molar-refractivity contribution in [2.45, 2.75) is 6.42 Å². The molecule has 0 radical (unpaired) electrons. The number of nitrogens with zero attached hydrogens (tertiary/aromatic N) is 2. The van der Waals surface area contributed by atoms with Gasteiger partial charge in [0.1, 0.15) is 0 Å². The fourth-order valence-corrected chi connectivity index (χ4v) is 4.40. The minimum atomic E-state index is -3.47.